The standard InChI is InChI=1S/C24H29NO5/c1-27-20-8-5-15(12-21(20)28-2)11-19-18-14-23(30-4)22(29-3)13-17(18)9-10-25(19)24(26)16-6-7-16/h5,8,12-14,16,19H,6-7,9-11H2,1-4H3/t19-/m0/s1. The molecule has 2 aromatic carbocycles. The third-order valence-corrected chi connectivity index (χ3v) is 6.09. The minimum absolute atomic E-state index is 0.0558. The molecule has 2 aromatic rings. The summed E-state index contributed by atoms with van der Waals surface area (Å²) in [7, 11) is 6.56. The molecule has 1 heterocycles. The van der Waals surface area contributed by atoms with Gasteiger partial charge in [0.15, 0.2) is 23.0 Å². The van der Waals surface area contributed by atoms with E-state index in [9.17, 15) is 4.79 Å². The van der Waals surface area contributed by atoms with Crippen LogP contribution in [-0.2, 0) is 17.6 Å². The van der Waals surface area contributed by atoms with Crippen LogP contribution in [0.15, 0.2) is 30.3 Å². The average molecular weight is 411 g/mol. The Kier molecular flexibility index (Phi) is 5.75. The molecule has 1 saturated carbocycles. The molecule has 160 valence electrons. The lowest BCUT2D eigenvalue weighted by Crippen LogP contribution is -2.41. The molecule has 0 aromatic heterocycles. The van der Waals surface area contributed by atoms with Crippen LogP contribution in [0.1, 0.15) is 35.6 Å². The second kappa shape index (κ2) is 8.46. The van der Waals surface area contributed by atoms with Crippen molar-refractivity contribution >= 4 is 5.91 Å². The molecule has 1 amide bonds. The number of ether oxygens (including phenoxy) is 4. The number of amides is 1. The van der Waals surface area contributed by atoms with E-state index in [2.05, 4.69) is 11.0 Å². The summed E-state index contributed by atoms with van der Waals surface area (Å²) < 4.78 is 21.9. The number of hydrogen-bond donors (Lipinski definition) is 0. The van der Waals surface area contributed by atoms with Crippen LogP contribution in [0.2, 0.25) is 0 Å². The summed E-state index contributed by atoms with van der Waals surface area (Å²) in [6, 6.07) is 9.98. The number of hydrogen-bond acceptors (Lipinski definition) is 5. The van der Waals surface area contributed by atoms with Gasteiger partial charge in [-0.2, -0.15) is 0 Å². The summed E-state index contributed by atoms with van der Waals surface area (Å²) in [5.74, 6) is 3.25. The van der Waals surface area contributed by atoms with Crippen molar-refractivity contribution in [2.75, 3.05) is 35.0 Å². The molecule has 1 aliphatic heterocycles. The van der Waals surface area contributed by atoms with Crippen molar-refractivity contribution in [3.8, 4) is 23.0 Å². The fraction of sp³-hybridized carbons (Fsp3) is 0.458. The van der Waals surface area contributed by atoms with Crippen molar-refractivity contribution < 1.29 is 23.7 Å². The smallest absolute Gasteiger partial charge is 0.226 e. The van der Waals surface area contributed by atoms with E-state index in [1.165, 1.54) is 5.56 Å². The number of carbonyl (C=O) groups excluding carboxylic acids is 1. The number of fused-ring (bicyclic) bond motifs is 1. The highest BCUT2D eigenvalue weighted by Crippen LogP contribution is 2.42. The molecule has 1 fully saturated rings. The van der Waals surface area contributed by atoms with Crippen LogP contribution in [0.4, 0.5) is 0 Å². The van der Waals surface area contributed by atoms with Gasteiger partial charge in [-0.05, 0) is 66.6 Å². The highest BCUT2D eigenvalue weighted by molar-refractivity contribution is 5.82. The van der Waals surface area contributed by atoms with Crippen LogP contribution >= 0.6 is 0 Å². The average Bonchev–Trinajstić information content (AvgIpc) is 3.63. The van der Waals surface area contributed by atoms with Gasteiger partial charge in [0.1, 0.15) is 0 Å². The molecular weight excluding hydrogens is 382 g/mol. The van der Waals surface area contributed by atoms with Crippen molar-refractivity contribution in [1.82, 2.24) is 4.90 Å². The summed E-state index contributed by atoms with van der Waals surface area (Å²) >= 11 is 0. The Hall–Kier alpha value is -2.89. The Balaban J connectivity index is 1.74. The van der Waals surface area contributed by atoms with Crippen LogP contribution in [0.5, 0.6) is 23.0 Å². The second-order valence-corrected chi connectivity index (χ2v) is 7.87. The Bertz CT molecular complexity index is 937. The van der Waals surface area contributed by atoms with E-state index in [4.69, 9.17) is 18.9 Å². The number of methoxy groups -OCH3 is 4. The first-order chi connectivity index (χ1) is 14.6. The molecule has 2 aliphatic rings. The third-order valence-electron chi connectivity index (χ3n) is 6.09. The highest BCUT2D eigenvalue weighted by atomic mass is 16.5. The van der Waals surface area contributed by atoms with Gasteiger partial charge in [0.05, 0.1) is 34.5 Å². The van der Waals surface area contributed by atoms with Gasteiger partial charge in [-0.3, -0.25) is 4.79 Å². The van der Waals surface area contributed by atoms with Crippen LogP contribution in [-0.4, -0.2) is 45.8 Å². The van der Waals surface area contributed by atoms with E-state index in [1.54, 1.807) is 28.4 Å². The Labute approximate surface area is 177 Å². The van der Waals surface area contributed by atoms with Crippen molar-refractivity contribution in [2.45, 2.75) is 31.7 Å². The van der Waals surface area contributed by atoms with Gasteiger partial charge in [0.2, 0.25) is 5.91 Å². The van der Waals surface area contributed by atoms with Gasteiger partial charge in [0.25, 0.3) is 0 Å². The predicted molar refractivity (Wildman–Crippen MR) is 114 cm³/mol. The number of benzene rings is 2. The molecule has 0 unspecified atom stereocenters. The third kappa shape index (κ3) is 3.78. The van der Waals surface area contributed by atoms with Crippen LogP contribution < -0.4 is 18.9 Å². The number of rotatable bonds is 7. The summed E-state index contributed by atoms with van der Waals surface area (Å²) in [6.07, 6.45) is 3.51. The largest absolute Gasteiger partial charge is 0.493 e. The second-order valence-electron chi connectivity index (χ2n) is 7.87. The molecule has 6 heteroatoms. The molecule has 30 heavy (non-hydrogen) atoms. The predicted octanol–water partition coefficient (Wildman–Crippen LogP) is 3.80. The fourth-order valence-corrected chi connectivity index (χ4v) is 4.31. The van der Waals surface area contributed by atoms with Gasteiger partial charge in [0, 0.05) is 12.5 Å². The molecule has 0 radical (unpaired) electrons. The highest BCUT2D eigenvalue weighted by Gasteiger charge is 2.39. The van der Waals surface area contributed by atoms with Crippen molar-refractivity contribution in [2.24, 2.45) is 5.92 Å². The van der Waals surface area contributed by atoms with E-state index in [1.807, 2.05) is 24.3 Å². The minimum atomic E-state index is -0.0558. The lowest BCUT2D eigenvalue weighted by molar-refractivity contribution is -0.135. The van der Waals surface area contributed by atoms with Crippen LogP contribution in [0.3, 0.4) is 0 Å². The summed E-state index contributed by atoms with van der Waals surface area (Å²) in [6.45, 7) is 0.718. The maximum absolute atomic E-state index is 13.1. The van der Waals surface area contributed by atoms with Crippen LogP contribution in [0.25, 0.3) is 0 Å². The maximum Gasteiger partial charge on any atom is 0.226 e. The van der Waals surface area contributed by atoms with Gasteiger partial charge in [-0.15, -0.1) is 0 Å². The molecule has 0 spiro atoms. The monoisotopic (exact) mass is 411 g/mol. The zero-order chi connectivity index (χ0) is 21.3. The first-order valence-corrected chi connectivity index (χ1v) is 10.4. The van der Waals surface area contributed by atoms with Crippen molar-refractivity contribution in [3.63, 3.8) is 0 Å². The normalized spacial score (nSPS) is 17.9. The molecule has 1 atom stereocenters. The zero-order valence-corrected chi connectivity index (χ0v) is 18.1. The number of nitrogens with zero attached hydrogens (tertiary/aromatic N) is 1. The molecular formula is C24H29NO5. The SMILES string of the molecule is COc1ccc(C[C@H]2c3cc(OC)c(OC)cc3CCN2C(=O)C2CC2)cc1OC. The van der Waals surface area contributed by atoms with Crippen LogP contribution in [0, 0.1) is 5.92 Å². The summed E-state index contributed by atoms with van der Waals surface area (Å²) in [5, 5.41) is 0. The Morgan fingerprint density at radius 1 is 0.900 bits per heavy atom. The molecule has 0 bridgehead atoms. The van der Waals surface area contributed by atoms with E-state index in [0.717, 1.165) is 42.7 Å². The van der Waals surface area contributed by atoms with Gasteiger partial charge in [-0.25, -0.2) is 0 Å². The van der Waals surface area contributed by atoms with Crippen molar-refractivity contribution in [1.29, 1.82) is 0 Å². The number of carbonyl (C=O) groups is 1. The summed E-state index contributed by atoms with van der Waals surface area (Å²) in [4.78, 5) is 15.2. The van der Waals surface area contributed by atoms with E-state index in [0.29, 0.717) is 23.7 Å². The maximum atomic E-state index is 13.1. The quantitative estimate of drug-likeness (QED) is 0.694. The molecule has 4 rings (SSSR count). The first kappa shape index (κ1) is 20.4. The molecule has 1 aliphatic carbocycles. The minimum Gasteiger partial charge on any atom is -0.493 e. The lowest BCUT2D eigenvalue weighted by atomic mass is 9.87. The lowest BCUT2D eigenvalue weighted by Gasteiger charge is -2.38. The van der Waals surface area contributed by atoms with E-state index < -0.39 is 0 Å². The molecule has 0 saturated heterocycles. The van der Waals surface area contributed by atoms with Gasteiger partial charge in [-0.1, -0.05) is 6.07 Å². The topological polar surface area (TPSA) is 57.2 Å². The van der Waals surface area contributed by atoms with Crippen molar-refractivity contribution in [3.05, 3.63) is 47.0 Å². The van der Waals surface area contributed by atoms with E-state index >= 15 is 0 Å². The summed E-state index contributed by atoms with van der Waals surface area (Å²) in [5.41, 5.74) is 3.43. The van der Waals surface area contributed by atoms with E-state index in [-0.39, 0.29) is 17.9 Å². The fourth-order valence-electron chi connectivity index (χ4n) is 4.31. The zero-order valence-electron chi connectivity index (χ0n) is 18.1. The molecule has 6 nitrogen and oxygen atoms in total. The first-order valence-electron chi connectivity index (χ1n) is 10.4. The molecule has 0 N–H and O–H groups in total. The van der Waals surface area contributed by atoms with Gasteiger partial charge < -0.3 is 23.8 Å². The Morgan fingerprint density at radius 3 is 2.17 bits per heavy atom. The van der Waals surface area contributed by atoms with Gasteiger partial charge >= 0.3 is 0 Å². The Morgan fingerprint density at radius 2 is 1.53 bits per heavy atom.